The van der Waals surface area contributed by atoms with E-state index in [-0.39, 0.29) is 5.91 Å². The molecule has 21 heavy (non-hydrogen) atoms. The Bertz CT molecular complexity index is 737. The SMILES string of the molecule is COc1cccc2c1nc(NC(=O)[C@H]1C[C@H]1C(=O)O)n2C. The lowest BCUT2D eigenvalue weighted by Gasteiger charge is -2.04. The molecule has 0 bridgehead atoms. The van der Waals surface area contributed by atoms with Crippen LogP contribution in [-0.4, -0.2) is 33.6 Å². The number of aromatic nitrogens is 2. The van der Waals surface area contributed by atoms with E-state index in [1.54, 1.807) is 24.8 Å². The fraction of sp³-hybridized carbons (Fsp3) is 0.357. The summed E-state index contributed by atoms with van der Waals surface area (Å²) in [6, 6.07) is 5.51. The molecular weight excluding hydrogens is 274 g/mol. The van der Waals surface area contributed by atoms with E-state index in [2.05, 4.69) is 10.3 Å². The first-order valence-electron chi connectivity index (χ1n) is 6.56. The summed E-state index contributed by atoms with van der Waals surface area (Å²) >= 11 is 0. The van der Waals surface area contributed by atoms with Crippen LogP contribution in [0.5, 0.6) is 5.75 Å². The zero-order valence-corrected chi connectivity index (χ0v) is 11.7. The van der Waals surface area contributed by atoms with Crippen molar-refractivity contribution in [2.75, 3.05) is 12.4 Å². The molecule has 1 heterocycles. The molecular formula is C14H15N3O4. The molecule has 2 N–H and O–H groups in total. The Morgan fingerprint density at radius 1 is 1.43 bits per heavy atom. The van der Waals surface area contributed by atoms with Crippen molar-refractivity contribution >= 4 is 28.9 Å². The Balaban J connectivity index is 1.86. The molecule has 0 spiro atoms. The monoisotopic (exact) mass is 289 g/mol. The van der Waals surface area contributed by atoms with E-state index >= 15 is 0 Å². The van der Waals surface area contributed by atoms with Gasteiger partial charge in [-0.25, -0.2) is 4.98 Å². The van der Waals surface area contributed by atoms with Gasteiger partial charge in [-0.1, -0.05) is 6.07 Å². The third-order valence-corrected chi connectivity index (χ3v) is 3.77. The maximum atomic E-state index is 12.0. The molecule has 2 atom stereocenters. The highest BCUT2D eigenvalue weighted by Crippen LogP contribution is 2.39. The molecule has 1 aromatic carbocycles. The van der Waals surface area contributed by atoms with Crippen molar-refractivity contribution in [1.29, 1.82) is 0 Å². The molecule has 1 fully saturated rings. The van der Waals surface area contributed by atoms with Crippen molar-refractivity contribution in [2.24, 2.45) is 18.9 Å². The lowest BCUT2D eigenvalue weighted by Crippen LogP contribution is -2.19. The molecule has 3 rings (SSSR count). The maximum Gasteiger partial charge on any atom is 0.307 e. The molecule has 7 heteroatoms. The number of carbonyl (C=O) groups is 2. The van der Waals surface area contributed by atoms with Crippen molar-refractivity contribution in [1.82, 2.24) is 9.55 Å². The van der Waals surface area contributed by atoms with Crippen LogP contribution in [0.3, 0.4) is 0 Å². The predicted molar refractivity (Wildman–Crippen MR) is 75.1 cm³/mol. The molecule has 0 unspecified atom stereocenters. The van der Waals surface area contributed by atoms with E-state index < -0.39 is 17.8 Å². The van der Waals surface area contributed by atoms with Crippen molar-refractivity contribution in [2.45, 2.75) is 6.42 Å². The molecule has 1 aromatic heterocycles. The summed E-state index contributed by atoms with van der Waals surface area (Å²) in [6.45, 7) is 0. The topological polar surface area (TPSA) is 93.4 Å². The molecule has 110 valence electrons. The van der Waals surface area contributed by atoms with Crippen molar-refractivity contribution in [3.63, 3.8) is 0 Å². The first kappa shape index (κ1) is 13.4. The maximum absolute atomic E-state index is 12.0. The Labute approximate surface area is 120 Å². The lowest BCUT2D eigenvalue weighted by molar-refractivity contribution is -0.139. The average molecular weight is 289 g/mol. The van der Waals surface area contributed by atoms with E-state index in [9.17, 15) is 9.59 Å². The number of carboxylic acid groups (broad SMARTS) is 1. The summed E-state index contributed by atoms with van der Waals surface area (Å²) in [5.74, 6) is -1.27. The number of aliphatic carboxylic acids is 1. The largest absolute Gasteiger partial charge is 0.494 e. The Morgan fingerprint density at radius 3 is 2.81 bits per heavy atom. The highest BCUT2D eigenvalue weighted by molar-refractivity contribution is 5.98. The van der Waals surface area contributed by atoms with Gasteiger partial charge in [0.1, 0.15) is 11.3 Å². The summed E-state index contributed by atoms with van der Waals surface area (Å²) in [5, 5.41) is 11.6. The molecule has 2 aromatic rings. The number of aryl methyl sites for hydroxylation is 1. The summed E-state index contributed by atoms with van der Waals surface area (Å²) in [4.78, 5) is 27.2. The van der Waals surface area contributed by atoms with Crippen LogP contribution in [0.4, 0.5) is 5.95 Å². The third-order valence-electron chi connectivity index (χ3n) is 3.77. The number of benzene rings is 1. The van der Waals surface area contributed by atoms with Gasteiger partial charge >= 0.3 is 5.97 Å². The molecule has 7 nitrogen and oxygen atoms in total. The van der Waals surface area contributed by atoms with E-state index in [4.69, 9.17) is 9.84 Å². The van der Waals surface area contributed by atoms with Gasteiger partial charge in [-0.05, 0) is 18.6 Å². The number of hydrogen-bond donors (Lipinski definition) is 2. The number of carbonyl (C=O) groups excluding carboxylic acids is 1. The summed E-state index contributed by atoms with van der Waals surface area (Å²) in [5.41, 5.74) is 1.48. The smallest absolute Gasteiger partial charge is 0.307 e. The number of fused-ring (bicyclic) bond motifs is 1. The number of amides is 1. The second-order valence-electron chi connectivity index (χ2n) is 5.10. The molecule has 0 saturated heterocycles. The van der Waals surface area contributed by atoms with Crippen LogP contribution in [0.15, 0.2) is 18.2 Å². The normalized spacial score (nSPS) is 20.3. The van der Waals surface area contributed by atoms with E-state index in [1.165, 1.54) is 0 Å². The number of nitrogens with zero attached hydrogens (tertiary/aromatic N) is 2. The van der Waals surface area contributed by atoms with E-state index in [0.717, 1.165) is 5.52 Å². The minimum atomic E-state index is -0.929. The number of anilines is 1. The van der Waals surface area contributed by atoms with Crippen LogP contribution in [-0.2, 0) is 16.6 Å². The molecule has 1 amide bonds. The van der Waals surface area contributed by atoms with Gasteiger partial charge in [0.05, 0.1) is 24.5 Å². The van der Waals surface area contributed by atoms with Crippen molar-refractivity contribution < 1.29 is 19.4 Å². The summed E-state index contributed by atoms with van der Waals surface area (Å²) in [7, 11) is 3.34. The zero-order chi connectivity index (χ0) is 15.1. The van der Waals surface area contributed by atoms with Crippen molar-refractivity contribution in [3.05, 3.63) is 18.2 Å². The number of para-hydroxylation sites is 1. The van der Waals surface area contributed by atoms with Gasteiger partial charge in [0.2, 0.25) is 11.9 Å². The van der Waals surface area contributed by atoms with Gasteiger partial charge in [0, 0.05) is 7.05 Å². The van der Waals surface area contributed by atoms with E-state index in [0.29, 0.717) is 23.6 Å². The van der Waals surface area contributed by atoms with Crippen LogP contribution in [0.2, 0.25) is 0 Å². The van der Waals surface area contributed by atoms with Crippen molar-refractivity contribution in [3.8, 4) is 5.75 Å². The van der Waals surface area contributed by atoms with Gasteiger partial charge in [-0.15, -0.1) is 0 Å². The molecule has 1 aliphatic rings. The fourth-order valence-electron chi connectivity index (χ4n) is 2.43. The number of hydrogen-bond acceptors (Lipinski definition) is 4. The lowest BCUT2D eigenvalue weighted by atomic mass is 10.3. The molecule has 0 aliphatic heterocycles. The van der Waals surface area contributed by atoms with Gasteiger partial charge in [-0.2, -0.15) is 0 Å². The average Bonchev–Trinajstić information content (AvgIpc) is 3.21. The van der Waals surface area contributed by atoms with Gasteiger partial charge < -0.3 is 14.4 Å². The molecule has 0 radical (unpaired) electrons. The number of carboxylic acids is 1. The highest BCUT2D eigenvalue weighted by Gasteiger charge is 2.48. The molecule has 1 aliphatic carbocycles. The van der Waals surface area contributed by atoms with Gasteiger partial charge in [0.25, 0.3) is 0 Å². The van der Waals surface area contributed by atoms with Crippen LogP contribution >= 0.6 is 0 Å². The summed E-state index contributed by atoms with van der Waals surface area (Å²) < 4.78 is 6.99. The third kappa shape index (κ3) is 2.20. The second kappa shape index (κ2) is 4.76. The van der Waals surface area contributed by atoms with Crippen LogP contribution in [0.25, 0.3) is 11.0 Å². The standard InChI is InChI=1S/C14H15N3O4/c1-17-9-4-3-5-10(21-2)11(9)15-14(17)16-12(18)7-6-8(7)13(19)20/h3-5,7-8H,6H2,1-2H3,(H,19,20)(H,15,16,18)/t7-,8+/m0/s1. The fourth-order valence-corrected chi connectivity index (χ4v) is 2.43. The number of imidazole rings is 1. The van der Waals surface area contributed by atoms with Crippen LogP contribution < -0.4 is 10.1 Å². The second-order valence-corrected chi connectivity index (χ2v) is 5.10. The Hall–Kier alpha value is -2.57. The van der Waals surface area contributed by atoms with Gasteiger partial charge in [-0.3, -0.25) is 14.9 Å². The Morgan fingerprint density at radius 2 is 2.19 bits per heavy atom. The summed E-state index contributed by atoms with van der Waals surface area (Å²) in [6.07, 6.45) is 0.383. The first-order valence-corrected chi connectivity index (χ1v) is 6.56. The van der Waals surface area contributed by atoms with Crippen LogP contribution in [0.1, 0.15) is 6.42 Å². The highest BCUT2D eigenvalue weighted by atomic mass is 16.5. The quantitative estimate of drug-likeness (QED) is 0.883. The van der Waals surface area contributed by atoms with Crippen LogP contribution in [0, 0.1) is 11.8 Å². The predicted octanol–water partition coefficient (Wildman–Crippen LogP) is 1.24. The first-order chi connectivity index (χ1) is 10.0. The molecule has 1 saturated carbocycles. The van der Waals surface area contributed by atoms with E-state index in [1.807, 2.05) is 12.1 Å². The number of nitrogens with one attached hydrogen (secondary N) is 1. The number of rotatable bonds is 4. The van der Waals surface area contributed by atoms with Gasteiger partial charge in [0.15, 0.2) is 0 Å². The Kier molecular flexibility index (Phi) is 3.04. The number of methoxy groups -OCH3 is 1. The minimum absolute atomic E-state index is 0.306. The minimum Gasteiger partial charge on any atom is -0.494 e. The zero-order valence-electron chi connectivity index (χ0n) is 11.7. The number of ether oxygens (including phenoxy) is 1.